The predicted molar refractivity (Wildman–Crippen MR) is 106 cm³/mol. The molecular weight excluding hydrogens is 366 g/mol. The summed E-state index contributed by atoms with van der Waals surface area (Å²) in [5.74, 6) is -0.376. The number of ether oxygens (including phenoxy) is 2. The number of carbonyl (C=O) groups is 1. The lowest BCUT2D eigenvalue weighted by Gasteiger charge is -2.15. The van der Waals surface area contributed by atoms with Gasteiger partial charge in [-0.3, -0.25) is 0 Å². The van der Waals surface area contributed by atoms with Crippen LogP contribution in [0.15, 0.2) is 53.7 Å². The van der Waals surface area contributed by atoms with E-state index in [9.17, 15) is 4.79 Å². The fourth-order valence-electron chi connectivity index (χ4n) is 2.52. The highest BCUT2D eigenvalue weighted by atomic mass is 35.5. The highest BCUT2D eigenvalue weighted by Gasteiger charge is 2.20. The van der Waals surface area contributed by atoms with Gasteiger partial charge in [-0.1, -0.05) is 47.1 Å². The van der Waals surface area contributed by atoms with Crippen LogP contribution in [0.25, 0.3) is 0 Å². The molecule has 0 aromatic heterocycles. The summed E-state index contributed by atoms with van der Waals surface area (Å²) in [6.07, 6.45) is -0.179. The fourth-order valence-corrected chi connectivity index (χ4v) is 2.64. The van der Waals surface area contributed by atoms with E-state index in [1.165, 1.54) is 7.11 Å². The van der Waals surface area contributed by atoms with Crippen LogP contribution in [-0.4, -0.2) is 31.5 Å². The second kappa shape index (κ2) is 10.7. The van der Waals surface area contributed by atoms with Crippen LogP contribution in [-0.2, 0) is 32.1 Å². The van der Waals surface area contributed by atoms with Crippen molar-refractivity contribution in [3.05, 3.63) is 70.2 Å². The number of methoxy groups -OCH3 is 1. The molecule has 0 radical (unpaired) electrons. The highest BCUT2D eigenvalue weighted by molar-refractivity contribution is 6.30. The van der Waals surface area contributed by atoms with Gasteiger partial charge in [0, 0.05) is 18.1 Å². The molecule has 27 heavy (non-hydrogen) atoms. The van der Waals surface area contributed by atoms with Crippen molar-refractivity contribution in [2.45, 2.75) is 33.0 Å². The Balaban J connectivity index is 2.01. The van der Waals surface area contributed by atoms with E-state index >= 15 is 0 Å². The van der Waals surface area contributed by atoms with Crippen LogP contribution in [0.2, 0.25) is 5.02 Å². The molecule has 1 atom stereocenters. The summed E-state index contributed by atoms with van der Waals surface area (Å²) in [6, 6.07) is 15.2. The second-order valence-electron chi connectivity index (χ2n) is 5.95. The summed E-state index contributed by atoms with van der Waals surface area (Å²) in [6.45, 7) is 4.53. The number of hydrogen-bond donors (Lipinski definition) is 0. The van der Waals surface area contributed by atoms with Crippen molar-refractivity contribution < 1.29 is 19.1 Å². The van der Waals surface area contributed by atoms with Gasteiger partial charge in [0.15, 0.2) is 6.10 Å². The lowest BCUT2D eigenvalue weighted by atomic mass is 10.0. The van der Waals surface area contributed by atoms with Crippen LogP contribution in [0, 0.1) is 0 Å². The molecule has 2 rings (SSSR count). The summed E-state index contributed by atoms with van der Waals surface area (Å²) in [5.41, 5.74) is 3.62. The second-order valence-corrected chi connectivity index (χ2v) is 6.38. The number of benzene rings is 2. The molecule has 0 unspecified atom stereocenters. The fraction of sp³-hybridized carbons (Fsp3) is 0.333. The van der Waals surface area contributed by atoms with E-state index in [-0.39, 0.29) is 5.97 Å². The average molecular weight is 390 g/mol. The quantitative estimate of drug-likeness (QED) is 0.362. The zero-order valence-corrected chi connectivity index (χ0v) is 16.5. The number of oxime groups is 1. The molecule has 0 aliphatic carbocycles. The summed E-state index contributed by atoms with van der Waals surface area (Å²) in [4.78, 5) is 17.3. The minimum atomic E-state index is -0.617. The van der Waals surface area contributed by atoms with E-state index in [0.717, 1.165) is 22.4 Å². The van der Waals surface area contributed by atoms with Gasteiger partial charge in [0.05, 0.1) is 12.8 Å². The number of esters is 1. The van der Waals surface area contributed by atoms with Gasteiger partial charge in [0.25, 0.3) is 0 Å². The molecule has 0 heterocycles. The van der Waals surface area contributed by atoms with Gasteiger partial charge in [-0.2, -0.15) is 0 Å². The third-order valence-corrected chi connectivity index (χ3v) is 4.20. The summed E-state index contributed by atoms with van der Waals surface area (Å²) < 4.78 is 10.3. The summed E-state index contributed by atoms with van der Waals surface area (Å²) in [5, 5.41) is 4.87. The molecule has 144 valence electrons. The summed E-state index contributed by atoms with van der Waals surface area (Å²) >= 11 is 5.87. The van der Waals surface area contributed by atoms with Crippen molar-refractivity contribution in [1.29, 1.82) is 0 Å². The normalized spacial score (nSPS) is 12.5. The average Bonchev–Trinajstić information content (AvgIpc) is 2.68. The van der Waals surface area contributed by atoms with Gasteiger partial charge >= 0.3 is 5.97 Å². The Morgan fingerprint density at radius 2 is 1.89 bits per heavy atom. The molecule has 0 fully saturated rings. The SMILES string of the molecule is CCO[C@@H](Cc1cccc(/C(C)=N/OCc2ccc(Cl)cc2)c1)C(=O)OC. The molecule has 0 N–H and O–H groups in total. The van der Waals surface area contributed by atoms with Gasteiger partial charge in [-0.15, -0.1) is 0 Å². The number of rotatable bonds is 9. The van der Waals surface area contributed by atoms with E-state index in [4.69, 9.17) is 25.9 Å². The molecule has 0 bridgehead atoms. The minimum Gasteiger partial charge on any atom is -0.467 e. The van der Waals surface area contributed by atoms with Crippen LogP contribution in [0.1, 0.15) is 30.5 Å². The maximum Gasteiger partial charge on any atom is 0.335 e. The Morgan fingerprint density at radius 3 is 2.56 bits per heavy atom. The van der Waals surface area contributed by atoms with Crippen molar-refractivity contribution in [3.8, 4) is 0 Å². The van der Waals surface area contributed by atoms with Crippen LogP contribution in [0.3, 0.4) is 0 Å². The predicted octanol–water partition coefficient (Wildman–Crippen LogP) is 4.40. The van der Waals surface area contributed by atoms with Crippen molar-refractivity contribution >= 4 is 23.3 Å². The molecule has 0 amide bonds. The molecule has 0 aliphatic heterocycles. The smallest absolute Gasteiger partial charge is 0.335 e. The Labute approximate surface area is 164 Å². The van der Waals surface area contributed by atoms with Crippen LogP contribution in [0.5, 0.6) is 0 Å². The molecule has 0 saturated heterocycles. The van der Waals surface area contributed by atoms with Gasteiger partial charge in [0.2, 0.25) is 0 Å². The zero-order chi connectivity index (χ0) is 19.6. The van der Waals surface area contributed by atoms with Gasteiger partial charge < -0.3 is 14.3 Å². The largest absolute Gasteiger partial charge is 0.467 e. The first-order valence-corrected chi connectivity index (χ1v) is 9.11. The van der Waals surface area contributed by atoms with Crippen LogP contribution >= 0.6 is 11.6 Å². The van der Waals surface area contributed by atoms with Crippen LogP contribution in [0.4, 0.5) is 0 Å². The number of halogens is 1. The Kier molecular flexibility index (Phi) is 8.30. The molecule has 6 heteroatoms. The molecule has 2 aromatic rings. The monoisotopic (exact) mass is 389 g/mol. The van der Waals surface area contributed by atoms with Gasteiger partial charge in [0.1, 0.15) is 6.61 Å². The minimum absolute atomic E-state index is 0.364. The number of carbonyl (C=O) groups excluding carboxylic acids is 1. The standard InChI is InChI=1S/C21H24ClNO4/c1-4-26-20(21(24)25-3)13-17-6-5-7-18(12-17)15(2)23-27-14-16-8-10-19(22)11-9-16/h5-12,20H,4,13-14H2,1-3H3/b23-15+/t20-/m0/s1. The van der Waals surface area contributed by atoms with E-state index in [2.05, 4.69) is 5.16 Å². The van der Waals surface area contributed by atoms with Crippen molar-refractivity contribution in [3.63, 3.8) is 0 Å². The van der Waals surface area contributed by atoms with E-state index < -0.39 is 6.10 Å². The molecule has 2 aromatic carbocycles. The molecular formula is C21H24ClNO4. The van der Waals surface area contributed by atoms with E-state index in [0.29, 0.717) is 24.7 Å². The van der Waals surface area contributed by atoms with E-state index in [1.807, 2.05) is 62.4 Å². The maximum atomic E-state index is 11.8. The lowest BCUT2D eigenvalue weighted by molar-refractivity contribution is -0.153. The number of nitrogens with zero attached hydrogens (tertiary/aromatic N) is 1. The van der Waals surface area contributed by atoms with Gasteiger partial charge in [-0.25, -0.2) is 4.79 Å². The topological polar surface area (TPSA) is 57.1 Å². The maximum absolute atomic E-state index is 11.8. The van der Waals surface area contributed by atoms with Crippen molar-refractivity contribution in [2.24, 2.45) is 5.16 Å². The first-order valence-electron chi connectivity index (χ1n) is 8.73. The first-order chi connectivity index (χ1) is 13.0. The lowest BCUT2D eigenvalue weighted by Crippen LogP contribution is -2.28. The van der Waals surface area contributed by atoms with Crippen molar-refractivity contribution in [1.82, 2.24) is 0 Å². The third-order valence-electron chi connectivity index (χ3n) is 3.94. The van der Waals surface area contributed by atoms with Gasteiger partial charge in [-0.05, 0) is 48.7 Å². The molecule has 0 spiro atoms. The van der Waals surface area contributed by atoms with E-state index in [1.54, 1.807) is 0 Å². The zero-order valence-electron chi connectivity index (χ0n) is 15.8. The van der Waals surface area contributed by atoms with Crippen molar-refractivity contribution in [2.75, 3.05) is 13.7 Å². The molecule has 0 saturated carbocycles. The summed E-state index contributed by atoms with van der Waals surface area (Å²) in [7, 11) is 1.36. The highest BCUT2D eigenvalue weighted by Crippen LogP contribution is 2.13. The molecule has 5 nitrogen and oxygen atoms in total. The Bertz CT molecular complexity index is 774. The third kappa shape index (κ3) is 6.70. The molecule has 0 aliphatic rings. The van der Waals surface area contributed by atoms with Crippen LogP contribution < -0.4 is 0 Å². The number of hydrogen-bond acceptors (Lipinski definition) is 5. The Hall–Kier alpha value is -2.37. The Morgan fingerprint density at radius 1 is 1.15 bits per heavy atom. The first kappa shape index (κ1) is 20.9.